The van der Waals surface area contributed by atoms with Crippen molar-refractivity contribution >= 4 is 24.9 Å². The van der Waals surface area contributed by atoms with Gasteiger partial charge in [0.05, 0.1) is 13.2 Å². The van der Waals surface area contributed by atoms with E-state index >= 15 is 0 Å². The number of benzene rings is 2. The zero-order valence-corrected chi connectivity index (χ0v) is 19.7. The SMILES string of the molecule is CC(C)P(=O)(C(C)C)[C@H]1C[C@@H](CP(=O)(c2ccccc2)c2ccccc2)[C@H](O)C1. The molecule has 1 aliphatic carbocycles. The fourth-order valence-electron chi connectivity index (χ4n) is 5.07. The van der Waals surface area contributed by atoms with Gasteiger partial charge in [-0.15, -0.1) is 0 Å². The van der Waals surface area contributed by atoms with Gasteiger partial charge in [0.2, 0.25) is 0 Å². The van der Waals surface area contributed by atoms with Gasteiger partial charge in [0.1, 0.15) is 7.14 Å². The average molecular weight is 432 g/mol. The van der Waals surface area contributed by atoms with Crippen molar-refractivity contribution in [2.24, 2.45) is 5.92 Å². The van der Waals surface area contributed by atoms with Crippen LogP contribution < -0.4 is 10.6 Å². The van der Waals surface area contributed by atoms with Crippen LogP contribution in [0, 0.1) is 5.92 Å². The third-order valence-electron chi connectivity index (χ3n) is 6.66. The van der Waals surface area contributed by atoms with Crippen molar-refractivity contribution in [2.45, 2.75) is 63.6 Å². The first-order chi connectivity index (χ1) is 13.7. The molecule has 5 heteroatoms. The maximum atomic E-state index is 14.4. The van der Waals surface area contributed by atoms with Crippen LogP contribution in [0.2, 0.25) is 0 Å². The molecule has 0 amide bonds. The first kappa shape index (κ1) is 22.5. The highest BCUT2D eigenvalue weighted by molar-refractivity contribution is 7.78. The minimum absolute atomic E-state index is 0.0162. The molecule has 158 valence electrons. The summed E-state index contributed by atoms with van der Waals surface area (Å²) in [6, 6.07) is 19.3. The lowest BCUT2D eigenvalue weighted by molar-refractivity contribution is 0.142. The Kier molecular flexibility index (Phi) is 6.94. The van der Waals surface area contributed by atoms with Crippen molar-refractivity contribution in [1.82, 2.24) is 0 Å². The quantitative estimate of drug-likeness (QED) is 0.603. The molecule has 0 bridgehead atoms. The van der Waals surface area contributed by atoms with Crippen LogP contribution in [0.1, 0.15) is 40.5 Å². The molecule has 0 heterocycles. The number of rotatable bonds is 7. The predicted molar refractivity (Wildman–Crippen MR) is 125 cm³/mol. The molecule has 0 radical (unpaired) electrons. The van der Waals surface area contributed by atoms with E-state index in [4.69, 9.17) is 0 Å². The molecule has 3 rings (SSSR count). The highest BCUT2D eigenvalue weighted by Crippen LogP contribution is 2.64. The largest absolute Gasteiger partial charge is 0.393 e. The summed E-state index contributed by atoms with van der Waals surface area (Å²) in [5.41, 5.74) is 0.226. The van der Waals surface area contributed by atoms with Crippen LogP contribution in [0.4, 0.5) is 0 Å². The molecular formula is C24H34O3P2. The first-order valence-electron chi connectivity index (χ1n) is 10.7. The maximum absolute atomic E-state index is 14.4. The topological polar surface area (TPSA) is 54.4 Å². The monoisotopic (exact) mass is 432 g/mol. The molecule has 2 aromatic rings. The summed E-state index contributed by atoms with van der Waals surface area (Å²) in [6.45, 7) is 8.16. The minimum atomic E-state index is -2.89. The smallest absolute Gasteiger partial charge is 0.143 e. The third kappa shape index (κ3) is 4.34. The Labute approximate surface area is 175 Å². The molecule has 0 unspecified atom stereocenters. The van der Waals surface area contributed by atoms with Crippen LogP contribution >= 0.6 is 14.3 Å². The van der Waals surface area contributed by atoms with Gasteiger partial charge in [-0.25, -0.2) is 0 Å². The van der Waals surface area contributed by atoms with Gasteiger partial charge in [-0.05, 0) is 18.8 Å². The fourth-order valence-corrected chi connectivity index (χ4v) is 12.2. The van der Waals surface area contributed by atoms with Gasteiger partial charge in [-0.3, -0.25) is 0 Å². The fraction of sp³-hybridized carbons (Fsp3) is 0.500. The number of aliphatic hydroxyl groups excluding tert-OH is 1. The Morgan fingerprint density at radius 1 is 0.828 bits per heavy atom. The number of hydrogen-bond acceptors (Lipinski definition) is 3. The summed E-state index contributed by atoms with van der Waals surface area (Å²) in [5, 5.41) is 12.6. The van der Waals surface area contributed by atoms with E-state index in [2.05, 4.69) is 0 Å². The summed E-state index contributed by atoms with van der Waals surface area (Å²) in [7, 11) is -5.33. The zero-order chi connectivity index (χ0) is 21.2. The van der Waals surface area contributed by atoms with Gasteiger partial charge in [-0.2, -0.15) is 0 Å². The van der Waals surface area contributed by atoms with Gasteiger partial charge in [0.25, 0.3) is 0 Å². The van der Waals surface area contributed by atoms with Crippen LogP contribution in [-0.2, 0) is 9.13 Å². The van der Waals surface area contributed by atoms with Gasteiger partial charge < -0.3 is 14.2 Å². The van der Waals surface area contributed by atoms with E-state index in [1.807, 2.05) is 88.4 Å². The van der Waals surface area contributed by atoms with E-state index in [9.17, 15) is 14.2 Å². The molecule has 3 nitrogen and oxygen atoms in total. The summed E-state index contributed by atoms with van der Waals surface area (Å²) in [6.07, 6.45) is 1.13. The van der Waals surface area contributed by atoms with Crippen LogP contribution in [0.5, 0.6) is 0 Å². The molecule has 0 saturated heterocycles. The van der Waals surface area contributed by atoms with Crippen molar-refractivity contribution in [2.75, 3.05) is 6.16 Å². The third-order valence-corrected chi connectivity index (χ3v) is 14.7. The van der Waals surface area contributed by atoms with Crippen LogP contribution in [0.25, 0.3) is 0 Å². The second-order valence-electron chi connectivity index (χ2n) is 9.00. The molecule has 0 aromatic heterocycles. The van der Waals surface area contributed by atoms with Crippen molar-refractivity contribution in [1.29, 1.82) is 0 Å². The van der Waals surface area contributed by atoms with E-state index in [0.717, 1.165) is 10.6 Å². The van der Waals surface area contributed by atoms with Crippen LogP contribution in [-0.4, -0.2) is 34.3 Å². The molecule has 1 saturated carbocycles. The van der Waals surface area contributed by atoms with Gasteiger partial charge >= 0.3 is 0 Å². The first-order valence-corrected chi connectivity index (χ1v) is 14.5. The van der Waals surface area contributed by atoms with Crippen LogP contribution in [0.3, 0.4) is 0 Å². The molecule has 0 aliphatic heterocycles. The van der Waals surface area contributed by atoms with Gasteiger partial charge in [0.15, 0.2) is 0 Å². The second kappa shape index (κ2) is 8.93. The molecule has 1 aliphatic rings. The van der Waals surface area contributed by atoms with E-state index in [1.165, 1.54) is 0 Å². The normalized spacial score (nSPS) is 23.1. The van der Waals surface area contributed by atoms with Crippen molar-refractivity contribution in [3.05, 3.63) is 60.7 Å². The van der Waals surface area contributed by atoms with E-state index in [0.29, 0.717) is 19.0 Å². The predicted octanol–water partition coefficient (Wildman–Crippen LogP) is 5.32. The lowest BCUT2D eigenvalue weighted by atomic mass is 10.1. The molecule has 2 aromatic carbocycles. The van der Waals surface area contributed by atoms with Gasteiger partial charge in [-0.1, -0.05) is 88.4 Å². The summed E-state index contributed by atoms with van der Waals surface area (Å²) in [4.78, 5) is 0. The molecule has 1 N–H and O–H groups in total. The maximum Gasteiger partial charge on any atom is 0.143 e. The number of aliphatic hydroxyl groups is 1. The summed E-state index contributed by atoms with van der Waals surface area (Å²) in [5.74, 6) is -0.0999. The van der Waals surface area contributed by atoms with E-state index in [1.54, 1.807) is 0 Å². The Hall–Kier alpha value is -1.14. The highest BCUT2D eigenvalue weighted by atomic mass is 31.2. The molecule has 1 fully saturated rings. The van der Waals surface area contributed by atoms with E-state index in [-0.39, 0.29) is 22.9 Å². The Balaban J connectivity index is 1.94. The van der Waals surface area contributed by atoms with E-state index < -0.39 is 20.4 Å². The molecule has 3 atom stereocenters. The molecule has 0 spiro atoms. The lowest BCUT2D eigenvalue weighted by Gasteiger charge is -2.32. The summed E-state index contributed by atoms with van der Waals surface area (Å²) < 4.78 is 28.2. The second-order valence-corrected chi connectivity index (χ2v) is 16.2. The Morgan fingerprint density at radius 3 is 1.69 bits per heavy atom. The zero-order valence-electron chi connectivity index (χ0n) is 17.9. The van der Waals surface area contributed by atoms with Gasteiger partial charge in [0, 0.05) is 33.7 Å². The molecular weight excluding hydrogens is 398 g/mol. The van der Waals surface area contributed by atoms with Crippen molar-refractivity contribution < 1.29 is 14.2 Å². The number of hydrogen-bond donors (Lipinski definition) is 1. The van der Waals surface area contributed by atoms with Crippen LogP contribution in [0.15, 0.2) is 60.7 Å². The summed E-state index contributed by atoms with van der Waals surface area (Å²) >= 11 is 0. The molecule has 29 heavy (non-hydrogen) atoms. The van der Waals surface area contributed by atoms with Crippen molar-refractivity contribution in [3.63, 3.8) is 0 Å². The Morgan fingerprint density at radius 2 is 1.28 bits per heavy atom. The minimum Gasteiger partial charge on any atom is -0.393 e. The average Bonchev–Trinajstić information content (AvgIpc) is 3.08. The standard InChI is InChI=1S/C24H34O3P2/c1-18(2)29(27,19(3)4)23-15-20(24(25)16-23)17-28(26,21-11-7-5-8-12-21)22-13-9-6-10-14-22/h5-14,18-20,23-25H,15-17H2,1-4H3/t20-,23-,24+/m0/s1. The lowest BCUT2D eigenvalue weighted by Crippen LogP contribution is -2.26. The van der Waals surface area contributed by atoms with Crippen molar-refractivity contribution in [3.8, 4) is 0 Å². The Bertz CT molecular complexity index is 837. The highest BCUT2D eigenvalue weighted by Gasteiger charge is 2.47.